The Balaban J connectivity index is 2.22. The molecule has 0 unspecified atom stereocenters. The first-order valence-corrected chi connectivity index (χ1v) is 4.89. The summed E-state index contributed by atoms with van der Waals surface area (Å²) in [6.45, 7) is 2.01. The second-order valence-corrected chi connectivity index (χ2v) is 3.46. The van der Waals surface area contributed by atoms with Crippen LogP contribution in [0.15, 0.2) is 12.3 Å². The molecule has 0 N–H and O–H groups in total. The minimum absolute atomic E-state index is 0.384. The average molecular weight is 188 g/mol. The van der Waals surface area contributed by atoms with Crippen LogP contribution in [0, 0.1) is 11.3 Å². The minimum atomic E-state index is 0.384. The lowest BCUT2D eigenvalue weighted by molar-refractivity contribution is 0.301. The maximum absolute atomic E-state index is 8.78. The smallest absolute Gasteiger partial charge is 0.143 e. The number of ether oxygens (including phenoxy) is 1. The van der Waals surface area contributed by atoms with Gasteiger partial charge in [0.1, 0.15) is 17.5 Å². The van der Waals surface area contributed by atoms with Crippen LogP contribution in [0.3, 0.4) is 0 Å². The summed E-state index contributed by atoms with van der Waals surface area (Å²) in [5.41, 5.74) is 1.47. The van der Waals surface area contributed by atoms with Crippen LogP contribution < -0.4 is 4.74 Å². The van der Waals surface area contributed by atoms with Crippen molar-refractivity contribution < 1.29 is 4.74 Å². The van der Waals surface area contributed by atoms with E-state index < -0.39 is 0 Å². The van der Waals surface area contributed by atoms with Crippen molar-refractivity contribution in [2.24, 2.45) is 0 Å². The van der Waals surface area contributed by atoms with Crippen LogP contribution in [0.4, 0.5) is 0 Å². The van der Waals surface area contributed by atoms with Crippen LogP contribution in [-0.2, 0) is 6.42 Å². The molecule has 0 saturated heterocycles. The number of nitriles is 1. The Morgan fingerprint density at radius 3 is 3.00 bits per heavy atom. The molecular formula is C11H12N2O. The molecule has 14 heavy (non-hydrogen) atoms. The number of rotatable bonds is 3. The summed E-state index contributed by atoms with van der Waals surface area (Å²) in [4.78, 5) is 4.06. The summed E-state index contributed by atoms with van der Waals surface area (Å²) in [6.07, 6.45) is 5.12. The van der Waals surface area contributed by atoms with Crippen molar-refractivity contribution in [3.63, 3.8) is 0 Å². The predicted molar refractivity (Wildman–Crippen MR) is 52.0 cm³/mol. The van der Waals surface area contributed by atoms with Gasteiger partial charge in [0.05, 0.1) is 12.3 Å². The third kappa shape index (κ3) is 1.85. The highest BCUT2D eigenvalue weighted by molar-refractivity contribution is 5.36. The van der Waals surface area contributed by atoms with Gasteiger partial charge < -0.3 is 4.74 Å². The third-order valence-electron chi connectivity index (χ3n) is 2.26. The lowest BCUT2D eigenvalue weighted by Gasteiger charge is -2.06. The van der Waals surface area contributed by atoms with Gasteiger partial charge in [-0.1, -0.05) is 6.92 Å². The largest absolute Gasteiger partial charge is 0.489 e. The first-order valence-electron chi connectivity index (χ1n) is 4.89. The molecular weight excluding hydrogens is 176 g/mol. The molecule has 0 radical (unpaired) electrons. The van der Waals surface area contributed by atoms with Gasteiger partial charge in [-0.2, -0.15) is 5.26 Å². The number of aromatic nitrogens is 1. The highest BCUT2D eigenvalue weighted by atomic mass is 16.5. The van der Waals surface area contributed by atoms with Gasteiger partial charge in [0.2, 0.25) is 0 Å². The highest BCUT2D eigenvalue weighted by Gasteiger charge is 2.23. The molecule has 72 valence electrons. The van der Waals surface area contributed by atoms with Crippen molar-refractivity contribution in [3.05, 3.63) is 23.5 Å². The van der Waals surface area contributed by atoms with Crippen molar-refractivity contribution in [1.82, 2.24) is 4.98 Å². The van der Waals surface area contributed by atoms with E-state index >= 15 is 0 Å². The van der Waals surface area contributed by atoms with Crippen molar-refractivity contribution in [3.8, 4) is 11.8 Å². The Morgan fingerprint density at radius 2 is 2.43 bits per heavy atom. The van der Waals surface area contributed by atoms with Gasteiger partial charge in [0.15, 0.2) is 0 Å². The molecule has 0 atom stereocenters. The first kappa shape index (κ1) is 9.01. The van der Waals surface area contributed by atoms with Gasteiger partial charge in [-0.25, -0.2) is 4.98 Å². The van der Waals surface area contributed by atoms with Crippen molar-refractivity contribution in [1.29, 1.82) is 5.26 Å². The van der Waals surface area contributed by atoms with Crippen molar-refractivity contribution >= 4 is 0 Å². The Bertz CT molecular complexity index is 377. The van der Waals surface area contributed by atoms with Crippen LogP contribution in [0.25, 0.3) is 0 Å². The van der Waals surface area contributed by atoms with E-state index in [4.69, 9.17) is 10.00 Å². The fraction of sp³-hybridized carbons (Fsp3) is 0.455. The fourth-order valence-corrected chi connectivity index (χ4v) is 1.30. The van der Waals surface area contributed by atoms with E-state index in [9.17, 15) is 0 Å². The number of hydrogen-bond donors (Lipinski definition) is 0. The number of aryl methyl sites for hydroxylation is 1. The van der Waals surface area contributed by atoms with E-state index in [0.29, 0.717) is 11.8 Å². The molecule has 0 aliphatic heterocycles. The zero-order chi connectivity index (χ0) is 9.97. The number of pyridine rings is 1. The van der Waals surface area contributed by atoms with E-state index in [1.807, 2.05) is 13.0 Å². The van der Waals surface area contributed by atoms with Gasteiger partial charge in [-0.05, 0) is 30.9 Å². The Hall–Kier alpha value is -1.56. The molecule has 1 saturated carbocycles. The van der Waals surface area contributed by atoms with Gasteiger partial charge >= 0.3 is 0 Å². The molecule has 1 aliphatic rings. The quantitative estimate of drug-likeness (QED) is 0.729. The lowest BCUT2D eigenvalue weighted by Crippen LogP contribution is -1.99. The SMILES string of the molecule is CCc1cc(OC2CC2)cnc1C#N. The Kier molecular flexibility index (Phi) is 2.36. The van der Waals surface area contributed by atoms with Crippen LogP contribution in [0.2, 0.25) is 0 Å². The first-order chi connectivity index (χ1) is 6.83. The van der Waals surface area contributed by atoms with Crippen LogP contribution >= 0.6 is 0 Å². The lowest BCUT2D eigenvalue weighted by atomic mass is 10.1. The van der Waals surface area contributed by atoms with Gasteiger partial charge in [-0.3, -0.25) is 0 Å². The second-order valence-electron chi connectivity index (χ2n) is 3.46. The van der Waals surface area contributed by atoms with Gasteiger partial charge in [0.25, 0.3) is 0 Å². The molecule has 0 aromatic carbocycles. The average Bonchev–Trinajstić information content (AvgIpc) is 3.01. The normalized spacial score (nSPS) is 14.9. The Morgan fingerprint density at radius 1 is 1.64 bits per heavy atom. The molecule has 1 fully saturated rings. The van der Waals surface area contributed by atoms with E-state index in [2.05, 4.69) is 11.1 Å². The molecule has 1 aliphatic carbocycles. The zero-order valence-corrected chi connectivity index (χ0v) is 8.16. The minimum Gasteiger partial charge on any atom is -0.489 e. The highest BCUT2D eigenvalue weighted by Crippen LogP contribution is 2.27. The van der Waals surface area contributed by atoms with Crippen LogP contribution in [-0.4, -0.2) is 11.1 Å². The standard InChI is InChI=1S/C11H12N2O/c1-2-8-5-10(14-9-3-4-9)7-13-11(8)6-12/h5,7,9H,2-4H2,1H3. The summed E-state index contributed by atoms with van der Waals surface area (Å²) < 4.78 is 5.60. The third-order valence-corrected chi connectivity index (χ3v) is 2.26. The van der Waals surface area contributed by atoms with Crippen LogP contribution in [0.5, 0.6) is 5.75 Å². The molecule has 0 amide bonds. The number of nitrogens with zero attached hydrogens (tertiary/aromatic N) is 2. The second kappa shape index (κ2) is 3.67. The molecule has 1 aromatic rings. The summed E-state index contributed by atoms with van der Waals surface area (Å²) in [7, 11) is 0. The molecule has 3 nitrogen and oxygen atoms in total. The van der Waals surface area contributed by atoms with E-state index in [0.717, 1.165) is 30.6 Å². The molecule has 1 heterocycles. The van der Waals surface area contributed by atoms with Crippen molar-refractivity contribution in [2.75, 3.05) is 0 Å². The molecule has 0 spiro atoms. The summed E-state index contributed by atoms with van der Waals surface area (Å²) in [5.74, 6) is 0.795. The maximum atomic E-state index is 8.78. The molecule has 2 rings (SSSR count). The molecule has 1 aromatic heterocycles. The summed E-state index contributed by atoms with van der Waals surface area (Å²) in [5, 5.41) is 8.78. The zero-order valence-electron chi connectivity index (χ0n) is 8.16. The number of hydrogen-bond acceptors (Lipinski definition) is 3. The topological polar surface area (TPSA) is 45.9 Å². The van der Waals surface area contributed by atoms with Gasteiger partial charge in [0, 0.05) is 0 Å². The molecule has 0 bridgehead atoms. The maximum Gasteiger partial charge on any atom is 0.143 e. The predicted octanol–water partition coefficient (Wildman–Crippen LogP) is 2.06. The summed E-state index contributed by atoms with van der Waals surface area (Å²) in [6, 6.07) is 4.00. The fourth-order valence-electron chi connectivity index (χ4n) is 1.30. The Labute approximate surface area is 83.3 Å². The van der Waals surface area contributed by atoms with E-state index in [-0.39, 0.29) is 0 Å². The molecule has 3 heteroatoms. The monoisotopic (exact) mass is 188 g/mol. The van der Waals surface area contributed by atoms with Crippen LogP contribution in [0.1, 0.15) is 31.0 Å². The van der Waals surface area contributed by atoms with Gasteiger partial charge in [-0.15, -0.1) is 0 Å². The summed E-state index contributed by atoms with van der Waals surface area (Å²) >= 11 is 0. The van der Waals surface area contributed by atoms with E-state index in [1.54, 1.807) is 6.20 Å². The van der Waals surface area contributed by atoms with Crippen molar-refractivity contribution in [2.45, 2.75) is 32.3 Å². The van der Waals surface area contributed by atoms with E-state index in [1.165, 1.54) is 0 Å².